The monoisotopic (exact) mass is 336 g/mol. The molecule has 0 saturated heterocycles. The Hall–Kier alpha value is -1.76. The number of primary sulfonamides is 1. The molecule has 23 heavy (non-hydrogen) atoms. The van der Waals surface area contributed by atoms with Gasteiger partial charge in [-0.2, -0.15) is 0 Å². The van der Waals surface area contributed by atoms with E-state index in [1.165, 1.54) is 18.2 Å². The van der Waals surface area contributed by atoms with E-state index < -0.39 is 10.0 Å². The number of rotatable bonds is 5. The molecule has 6 heteroatoms. The van der Waals surface area contributed by atoms with E-state index in [-0.39, 0.29) is 16.8 Å². The maximum atomic E-state index is 13.4. The van der Waals surface area contributed by atoms with Crippen LogP contribution in [0.5, 0.6) is 0 Å². The molecule has 124 valence electrons. The second-order valence-corrected chi connectivity index (χ2v) is 7.34. The Kier molecular flexibility index (Phi) is 5.19. The molecule has 2 aromatic carbocycles. The molecule has 0 saturated carbocycles. The molecular weight excluding hydrogens is 315 g/mol. The Morgan fingerprint density at radius 1 is 1.17 bits per heavy atom. The van der Waals surface area contributed by atoms with Crippen molar-refractivity contribution in [2.75, 3.05) is 7.05 Å². The fraction of sp³-hybridized carbons (Fsp3) is 0.294. The van der Waals surface area contributed by atoms with Crippen LogP contribution in [0.2, 0.25) is 0 Å². The van der Waals surface area contributed by atoms with E-state index in [4.69, 9.17) is 5.14 Å². The molecule has 1 unspecified atom stereocenters. The van der Waals surface area contributed by atoms with Crippen molar-refractivity contribution < 1.29 is 12.8 Å². The van der Waals surface area contributed by atoms with Gasteiger partial charge in [0.25, 0.3) is 0 Å². The lowest BCUT2D eigenvalue weighted by Gasteiger charge is -2.26. The van der Waals surface area contributed by atoms with E-state index in [0.29, 0.717) is 6.54 Å². The highest BCUT2D eigenvalue weighted by Gasteiger charge is 2.15. The molecular formula is C17H21FN2O2S. The third kappa shape index (κ3) is 4.37. The van der Waals surface area contributed by atoms with Gasteiger partial charge in [-0.05, 0) is 61.9 Å². The Balaban J connectivity index is 2.16. The molecule has 0 bridgehead atoms. The number of benzene rings is 2. The summed E-state index contributed by atoms with van der Waals surface area (Å²) in [4.78, 5) is 2.17. The predicted octanol–water partition coefficient (Wildman–Crippen LogP) is 2.97. The molecule has 0 aliphatic heterocycles. The minimum Gasteiger partial charge on any atom is -0.295 e. The van der Waals surface area contributed by atoms with Gasteiger partial charge in [0.15, 0.2) is 0 Å². The first-order valence-electron chi connectivity index (χ1n) is 7.26. The van der Waals surface area contributed by atoms with Gasteiger partial charge in [-0.25, -0.2) is 17.9 Å². The van der Waals surface area contributed by atoms with Crippen molar-refractivity contribution in [2.45, 2.75) is 31.3 Å². The van der Waals surface area contributed by atoms with Crippen LogP contribution in [-0.4, -0.2) is 20.4 Å². The summed E-state index contributed by atoms with van der Waals surface area (Å²) in [6.45, 7) is 4.57. The van der Waals surface area contributed by atoms with E-state index >= 15 is 0 Å². The molecule has 0 radical (unpaired) electrons. The SMILES string of the molecule is Cc1ccc(F)cc1CN(C)C(C)c1ccc(S(N)(=O)=O)cc1. The van der Waals surface area contributed by atoms with Crippen molar-refractivity contribution in [1.82, 2.24) is 4.90 Å². The molecule has 0 heterocycles. The van der Waals surface area contributed by atoms with Gasteiger partial charge in [0.1, 0.15) is 5.82 Å². The summed E-state index contributed by atoms with van der Waals surface area (Å²) in [6, 6.07) is 11.3. The van der Waals surface area contributed by atoms with Crippen molar-refractivity contribution in [3.8, 4) is 0 Å². The summed E-state index contributed by atoms with van der Waals surface area (Å²) in [5, 5.41) is 5.10. The van der Waals surface area contributed by atoms with Gasteiger partial charge < -0.3 is 0 Å². The zero-order chi connectivity index (χ0) is 17.2. The lowest BCUT2D eigenvalue weighted by molar-refractivity contribution is 0.252. The Labute approximate surface area is 136 Å². The van der Waals surface area contributed by atoms with Crippen LogP contribution in [0.25, 0.3) is 0 Å². The van der Waals surface area contributed by atoms with E-state index in [2.05, 4.69) is 4.90 Å². The Morgan fingerprint density at radius 2 is 1.78 bits per heavy atom. The van der Waals surface area contributed by atoms with Gasteiger partial charge in [-0.15, -0.1) is 0 Å². The third-order valence-corrected chi connectivity index (χ3v) is 5.01. The molecule has 0 aliphatic rings. The molecule has 0 spiro atoms. The van der Waals surface area contributed by atoms with Crippen LogP contribution in [0, 0.1) is 12.7 Å². The van der Waals surface area contributed by atoms with Crippen molar-refractivity contribution >= 4 is 10.0 Å². The zero-order valence-electron chi connectivity index (χ0n) is 13.5. The van der Waals surface area contributed by atoms with E-state index in [1.807, 2.05) is 20.9 Å². The molecule has 4 nitrogen and oxygen atoms in total. The number of hydrogen-bond acceptors (Lipinski definition) is 3. The Bertz CT molecular complexity index is 789. The molecule has 2 rings (SSSR count). The number of sulfonamides is 1. The number of nitrogens with zero attached hydrogens (tertiary/aromatic N) is 1. The summed E-state index contributed by atoms with van der Waals surface area (Å²) >= 11 is 0. The van der Waals surface area contributed by atoms with Crippen LogP contribution in [0.15, 0.2) is 47.4 Å². The molecule has 2 N–H and O–H groups in total. The number of aryl methyl sites for hydroxylation is 1. The van der Waals surface area contributed by atoms with Gasteiger partial charge in [0.2, 0.25) is 10.0 Å². The summed E-state index contributed by atoms with van der Waals surface area (Å²) in [7, 11) is -1.73. The molecule has 1 atom stereocenters. The number of halogens is 1. The second kappa shape index (κ2) is 6.78. The summed E-state index contributed by atoms with van der Waals surface area (Å²) < 4.78 is 36.0. The Morgan fingerprint density at radius 3 is 2.35 bits per heavy atom. The first-order chi connectivity index (χ1) is 10.7. The molecule has 0 fully saturated rings. The molecule has 0 aliphatic carbocycles. The van der Waals surface area contributed by atoms with Gasteiger partial charge in [-0.3, -0.25) is 4.90 Å². The number of hydrogen-bond donors (Lipinski definition) is 1. The normalized spacial score (nSPS) is 13.3. The summed E-state index contributed by atoms with van der Waals surface area (Å²) in [5.74, 6) is -0.246. The van der Waals surface area contributed by atoms with E-state index in [0.717, 1.165) is 16.7 Å². The quantitative estimate of drug-likeness (QED) is 0.913. The van der Waals surface area contributed by atoms with Gasteiger partial charge >= 0.3 is 0 Å². The molecule has 0 aromatic heterocycles. The van der Waals surface area contributed by atoms with Crippen molar-refractivity contribution in [1.29, 1.82) is 0 Å². The molecule has 2 aromatic rings. The third-order valence-electron chi connectivity index (χ3n) is 4.08. The zero-order valence-corrected chi connectivity index (χ0v) is 14.3. The largest absolute Gasteiger partial charge is 0.295 e. The van der Waals surface area contributed by atoms with Crippen molar-refractivity contribution in [3.05, 3.63) is 65.0 Å². The van der Waals surface area contributed by atoms with Crippen LogP contribution in [-0.2, 0) is 16.6 Å². The van der Waals surface area contributed by atoms with Gasteiger partial charge in [0, 0.05) is 12.6 Å². The minimum absolute atomic E-state index is 0.0483. The first kappa shape index (κ1) is 17.6. The maximum Gasteiger partial charge on any atom is 0.238 e. The van der Waals surface area contributed by atoms with Crippen LogP contribution >= 0.6 is 0 Å². The van der Waals surface area contributed by atoms with Gasteiger partial charge in [0.05, 0.1) is 4.90 Å². The average molecular weight is 336 g/mol. The smallest absolute Gasteiger partial charge is 0.238 e. The van der Waals surface area contributed by atoms with Crippen LogP contribution in [0.3, 0.4) is 0 Å². The van der Waals surface area contributed by atoms with Gasteiger partial charge in [-0.1, -0.05) is 18.2 Å². The predicted molar refractivity (Wildman–Crippen MR) is 88.8 cm³/mol. The summed E-state index contributed by atoms with van der Waals surface area (Å²) in [5.41, 5.74) is 2.93. The minimum atomic E-state index is -3.68. The molecule has 0 amide bonds. The van der Waals surface area contributed by atoms with Crippen molar-refractivity contribution in [3.63, 3.8) is 0 Å². The van der Waals surface area contributed by atoms with Crippen LogP contribution in [0.4, 0.5) is 4.39 Å². The topological polar surface area (TPSA) is 63.4 Å². The fourth-order valence-corrected chi connectivity index (χ4v) is 2.92. The fourth-order valence-electron chi connectivity index (χ4n) is 2.41. The number of nitrogens with two attached hydrogens (primary N) is 1. The first-order valence-corrected chi connectivity index (χ1v) is 8.81. The van der Waals surface area contributed by atoms with Crippen molar-refractivity contribution in [2.24, 2.45) is 5.14 Å². The highest BCUT2D eigenvalue weighted by atomic mass is 32.2. The standard InChI is InChI=1S/C17H21FN2O2S/c1-12-4-7-16(18)10-15(12)11-20(3)13(2)14-5-8-17(9-6-14)23(19,21)22/h4-10,13H,11H2,1-3H3,(H2,19,21,22). The summed E-state index contributed by atoms with van der Waals surface area (Å²) in [6.07, 6.45) is 0. The lowest BCUT2D eigenvalue weighted by Crippen LogP contribution is -2.22. The van der Waals surface area contributed by atoms with Crippen LogP contribution < -0.4 is 5.14 Å². The lowest BCUT2D eigenvalue weighted by atomic mass is 10.0. The van der Waals surface area contributed by atoms with E-state index in [9.17, 15) is 12.8 Å². The highest BCUT2D eigenvalue weighted by molar-refractivity contribution is 7.89. The van der Waals surface area contributed by atoms with E-state index in [1.54, 1.807) is 24.3 Å². The maximum absolute atomic E-state index is 13.4. The average Bonchev–Trinajstić information content (AvgIpc) is 2.49. The highest BCUT2D eigenvalue weighted by Crippen LogP contribution is 2.23. The second-order valence-electron chi connectivity index (χ2n) is 5.78. The van der Waals surface area contributed by atoms with Crippen LogP contribution in [0.1, 0.15) is 29.7 Å².